The highest BCUT2D eigenvalue weighted by atomic mass is 16.1. The molecule has 2 heterocycles. The summed E-state index contributed by atoms with van der Waals surface area (Å²) in [6.45, 7) is 20.5. The van der Waals surface area contributed by atoms with E-state index in [0.29, 0.717) is 19.3 Å². The Balaban J connectivity index is 2.17. The largest absolute Gasteiger partial charge is 0.340 e. The van der Waals surface area contributed by atoms with Crippen LogP contribution in [0.25, 0.3) is 0 Å². The summed E-state index contributed by atoms with van der Waals surface area (Å²) in [6, 6.07) is -0.685. The highest BCUT2D eigenvalue weighted by Crippen LogP contribution is 2.31. The highest BCUT2D eigenvalue weighted by molar-refractivity contribution is 5.90. The van der Waals surface area contributed by atoms with Crippen LogP contribution in [0, 0.1) is 10.8 Å². The molecule has 214 valence electrons. The highest BCUT2D eigenvalue weighted by Gasteiger charge is 2.38. The monoisotopic (exact) mass is 528 g/mol. The zero-order chi connectivity index (χ0) is 29.1. The lowest BCUT2D eigenvalue weighted by Crippen LogP contribution is -2.55. The molecule has 0 saturated heterocycles. The van der Waals surface area contributed by atoms with Gasteiger partial charge in [-0.2, -0.15) is 0 Å². The fourth-order valence-electron chi connectivity index (χ4n) is 4.80. The summed E-state index contributed by atoms with van der Waals surface area (Å²) < 4.78 is 3.87. The van der Waals surface area contributed by atoms with Crippen LogP contribution >= 0.6 is 0 Å². The third-order valence-corrected chi connectivity index (χ3v) is 7.09. The molecule has 2 rings (SSSR count). The zero-order valence-corrected chi connectivity index (χ0v) is 25.9. The molecule has 0 fully saturated rings. The normalized spacial score (nSPS) is 14.9. The molecule has 0 aliphatic heterocycles. The molecule has 0 aliphatic carbocycles. The van der Waals surface area contributed by atoms with E-state index in [1.165, 1.54) is 0 Å². The fraction of sp³-hybridized carbons (Fsp3) is 0.733. The number of aryl methyl sites for hydroxylation is 2. The first kappa shape index (κ1) is 31.9. The Labute approximate surface area is 230 Å². The Bertz CT molecular complexity index is 1080. The lowest BCUT2D eigenvalue weighted by Gasteiger charge is -2.37. The number of carbonyl (C=O) groups excluding carboxylic acids is 2. The van der Waals surface area contributed by atoms with Gasteiger partial charge in [0.15, 0.2) is 11.6 Å². The Morgan fingerprint density at radius 3 is 1.92 bits per heavy atom. The second-order valence-corrected chi connectivity index (χ2v) is 14.3. The van der Waals surface area contributed by atoms with Crippen LogP contribution in [-0.4, -0.2) is 53.8 Å². The van der Waals surface area contributed by atoms with Crippen molar-refractivity contribution in [2.24, 2.45) is 24.9 Å². The van der Waals surface area contributed by atoms with Gasteiger partial charge < -0.3 is 19.8 Å². The maximum atomic E-state index is 13.9. The Kier molecular flexibility index (Phi) is 9.92. The molecule has 0 aromatic carbocycles. The van der Waals surface area contributed by atoms with Crippen LogP contribution < -0.4 is 10.6 Å². The van der Waals surface area contributed by atoms with Crippen molar-refractivity contribution in [2.45, 2.75) is 118 Å². The summed E-state index contributed by atoms with van der Waals surface area (Å²) in [7, 11) is 3.89. The molecule has 2 atom stereocenters. The lowest BCUT2D eigenvalue weighted by molar-refractivity contribution is -0.131. The van der Waals surface area contributed by atoms with E-state index in [1.54, 1.807) is 12.7 Å². The maximum Gasteiger partial charge on any atom is 0.155 e. The first-order chi connectivity index (χ1) is 17.2. The molecule has 8 nitrogen and oxygen atoms in total. The van der Waals surface area contributed by atoms with Gasteiger partial charge in [0.1, 0.15) is 0 Å². The number of hydrogen-bond acceptors (Lipinski definition) is 6. The predicted octanol–water partition coefficient (Wildman–Crippen LogP) is 4.42. The van der Waals surface area contributed by atoms with Crippen molar-refractivity contribution in [3.8, 4) is 0 Å². The van der Waals surface area contributed by atoms with Crippen molar-refractivity contribution >= 4 is 11.6 Å². The molecule has 0 amide bonds. The molecular weight excluding hydrogens is 476 g/mol. The van der Waals surface area contributed by atoms with Crippen LogP contribution in [0.1, 0.15) is 93.5 Å². The van der Waals surface area contributed by atoms with E-state index in [2.05, 4.69) is 55.2 Å². The van der Waals surface area contributed by atoms with Gasteiger partial charge in [-0.3, -0.25) is 9.59 Å². The number of imidazole rings is 2. The van der Waals surface area contributed by atoms with E-state index in [0.717, 1.165) is 17.8 Å². The second-order valence-electron chi connectivity index (χ2n) is 14.3. The van der Waals surface area contributed by atoms with Crippen molar-refractivity contribution in [2.75, 3.05) is 0 Å². The second kappa shape index (κ2) is 11.8. The summed E-state index contributed by atoms with van der Waals surface area (Å²) in [4.78, 5) is 36.0. The molecule has 2 aromatic heterocycles. The number of hydrogen-bond donors (Lipinski definition) is 2. The Morgan fingerprint density at radius 2 is 1.45 bits per heavy atom. The molecule has 2 aromatic rings. The molecule has 0 aliphatic rings. The SMILES string of the molecule is Cn1cnc(C[C@H](NC(C)(C)CCC(C)(C)C(=O)[C@H](Cc2cncn2C)NC(C)(C)C)C(=O)C(C)(C)C)c1. The van der Waals surface area contributed by atoms with Gasteiger partial charge in [-0.15, -0.1) is 0 Å². The number of rotatable bonds is 13. The molecular formula is C30H52N6O2. The molecule has 38 heavy (non-hydrogen) atoms. The van der Waals surface area contributed by atoms with Gasteiger partial charge >= 0.3 is 0 Å². The topological polar surface area (TPSA) is 93.8 Å². The Morgan fingerprint density at radius 1 is 0.842 bits per heavy atom. The maximum absolute atomic E-state index is 13.9. The van der Waals surface area contributed by atoms with Crippen molar-refractivity contribution in [1.82, 2.24) is 29.7 Å². The van der Waals surface area contributed by atoms with Crippen LogP contribution in [0.5, 0.6) is 0 Å². The van der Waals surface area contributed by atoms with Crippen LogP contribution in [0.3, 0.4) is 0 Å². The van der Waals surface area contributed by atoms with Gasteiger partial charge in [0.25, 0.3) is 0 Å². The lowest BCUT2D eigenvalue weighted by atomic mass is 9.75. The van der Waals surface area contributed by atoms with Gasteiger partial charge in [-0.25, -0.2) is 9.97 Å². The summed E-state index contributed by atoms with van der Waals surface area (Å²) in [5.41, 5.74) is 0.325. The number of carbonyl (C=O) groups is 2. The minimum Gasteiger partial charge on any atom is -0.340 e. The average Bonchev–Trinajstić information content (AvgIpc) is 3.36. The summed E-state index contributed by atoms with van der Waals surface area (Å²) >= 11 is 0. The number of nitrogens with one attached hydrogen (secondary N) is 2. The predicted molar refractivity (Wildman–Crippen MR) is 154 cm³/mol. The minimum atomic E-state index is -0.551. The minimum absolute atomic E-state index is 0.164. The van der Waals surface area contributed by atoms with Gasteiger partial charge in [-0.05, 0) is 47.5 Å². The van der Waals surface area contributed by atoms with E-state index < -0.39 is 10.8 Å². The van der Waals surface area contributed by atoms with Crippen molar-refractivity contribution in [3.05, 3.63) is 36.4 Å². The quantitative estimate of drug-likeness (QED) is 0.400. The van der Waals surface area contributed by atoms with E-state index in [1.807, 2.05) is 70.2 Å². The van der Waals surface area contributed by atoms with Crippen LogP contribution in [-0.2, 0) is 36.5 Å². The smallest absolute Gasteiger partial charge is 0.155 e. The Hall–Kier alpha value is -2.32. The molecule has 2 N–H and O–H groups in total. The molecule has 0 bridgehead atoms. The van der Waals surface area contributed by atoms with Crippen molar-refractivity contribution in [3.63, 3.8) is 0 Å². The first-order valence-electron chi connectivity index (χ1n) is 13.8. The van der Waals surface area contributed by atoms with Crippen molar-refractivity contribution in [1.29, 1.82) is 0 Å². The first-order valence-corrected chi connectivity index (χ1v) is 13.8. The van der Waals surface area contributed by atoms with Crippen LogP contribution in [0.15, 0.2) is 25.0 Å². The van der Waals surface area contributed by atoms with Gasteiger partial charge in [0, 0.05) is 66.9 Å². The van der Waals surface area contributed by atoms with E-state index in [9.17, 15) is 9.59 Å². The zero-order valence-electron chi connectivity index (χ0n) is 25.9. The molecule has 0 spiro atoms. The molecule has 8 heteroatoms. The summed E-state index contributed by atoms with van der Waals surface area (Å²) in [5, 5.41) is 7.20. The van der Waals surface area contributed by atoms with Crippen molar-refractivity contribution < 1.29 is 9.59 Å². The van der Waals surface area contributed by atoms with Crippen LogP contribution in [0.4, 0.5) is 0 Å². The number of nitrogens with zero attached hydrogens (tertiary/aromatic N) is 4. The van der Waals surface area contributed by atoms with E-state index in [-0.39, 0.29) is 34.7 Å². The number of aromatic nitrogens is 4. The summed E-state index contributed by atoms with van der Waals surface area (Å²) in [6.07, 6.45) is 9.89. The molecule has 0 unspecified atom stereocenters. The number of Topliss-reactive ketones (excluding diaryl/α,β-unsaturated/α-hetero) is 2. The van der Waals surface area contributed by atoms with E-state index >= 15 is 0 Å². The van der Waals surface area contributed by atoms with E-state index in [4.69, 9.17) is 0 Å². The fourth-order valence-corrected chi connectivity index (χ4v) is 4.80. The van der Waals surface area contributed by atoms with Crippen LogP contribution in [0.2, 0.25) is 0 Å². The summed E-state index contributed by atoms with van der Waals surface area (Å²) in [5.74, 6) is 0.359. The average molecular weight is 529 g/mol. The van der Waals surface area contributed by atoms with Gasteiger partial charge in [0.05, 0.1) is 30.4 Å². The molecule has 0 radical (unpaired) electrons. The molecule has 0 saturated carbocycles. The third-order valence-electron chi connectivity index (χ3n) is 7.09. The number of ketones is 2. The third kappa shape index (κ3) is 9.45. The van der Waals surface area contributed by atoms with Gasteiger partial charge in [0.2, 0.25) is 0 Å². The van der Waals surface area contributed by atoms with Gasteiger partial charge in [-0.1, -0.05) is 34.6 Å². The standard InChI is InChI=1S/C30H52N6O2/c1-27(2,3)25(37)23(15-21-18-35(11)20-32-21)34-30(9,10)14-13-29(7,8)26(38)24(33-28(4,5)6)16-22-17-31-19-36(22)12/h17-20,23-24,33-34H,13-16H2,1-12H3/t23-,24-/m0/s1.